The van der Waals surface area contributed by atoms with Crippen LogP contribution in [0.2, 0.25) is 0 Å². The summed E-state index contributed by atoms with van der Waals surface area (Å²) in [6.07, 6.45) is 3.09. The van der Waals surface area contributed by atoms with Crippen LogP contribution in [0.4, 0.5) is 20.0 Å². The molecule has 0 bridgehead atoms. The Balaban J connectivity index is 1.53. The molecule has 9 nitrogen and oxygen atoms in total. The van der Waals surface area contributed by atoms with Crippen LogP contribution in [0.3, 0.4) is 0 Å². The summed E-state index contributed by atoms with van der Waals surface area (Å²) in [4.78, 5) is 20.3. The van der Waals surface area contributed by atoms with Gasteiger partial charge in [-0.25, -0.2) is 14.2 Å². The van der Waals surface area contributed by atoms with E-state index in [2.05, 4.69) is 26.7 Å². The van der Waals surface area contributed by atoms with Gasteiger partial charge in [0, 0.05) is 42.4 Å². The smallest absolute Gasteiger partial charge is 0.325 e. The number of ether oxygens (including phenoxy) is 3. The molecule has 172 valence electrons. The van der Waals surface area contributed by atoms with Gasteiger partial charge in [-0.1, -0.05) is 0 Å². The average Bonchev–Trinajstić information content (AvgIpc) is 3.33. The minimum absolute atomic E-state index is 0.0226. The Bertz CT molecular complexity index is 1360. The quantitative estimate of drug-likeness (QED) is 0.335. The van der Waals surface area contributed by atoms with Crippen LogP contribution < -0.4 is 20.1 Å². The van der Waals surface area contributed by atoms with Gasteiger partial charge in [0.25, 0.3) is 0 Å². The van der Waals surface area contributed by atoms with E-state index in [1.807, 2.05) is 0 Å². The Kier molecular flexibility index (Phi) is 7.12. The lowest BCUT2D eigenvalue weighted by atomic mass is 10.1. The molecule has 0 radical (unpaired) electrons. The molecule has 0 saturated heterocycles. The second-order valence-electron chi connectivity index (χ2n) is 6.79. The van der Waals surface area contributed by atoms with Gasteiger partial charge >= 0.3 is 6.03 Å². The van der Waals surface area contributed by atoms with Crippen molar-refractivity contribution < 1.29 is 23.4 Å². The number of rotatable bonds is 8. The van der Waals surface area contributed by atoms with Crippen molar-refractivity contribution in [2.24, 2.45) is 0 Å². The molecule has 11 heteroatoms. The van der Waals surface area contributed by atoms with E-state index in [0.29, 0.717) is 39.7 Å². The highest BCUT2D eigenvalue weighted by Gasteiger charge is 2.13. The molecule has 2 aromatic heterocycles. The van der Waals surface area contributed by atoms with Crippen LogP contribution in [-0.4, -0.2) is 36.3 Å². The average molecular weight is 479 g/mol. The first kappa shape index (κ1) is 22.9. The number of amides is 2. The molecule has 34 heavy (non-hydrogen) atoms. The highest BCUT2D eigenvalue weighted by atomic mass is 32.1. The zero-order valence-electron chi connectivity index (χ0n) is 17.9. The topological polar surface area (TPSA) is 118 Å². The van der Waals surface area contributed by atoms with Crippen LogP contribution in [0.15, 0.2) is 54.2 Å². The van der Waals surface area contributed by atoms with Crippen LogP contribution in [0, 0.1) is 17.1 Å². The number of carbonyl (C=O) groups excluding carboxylic acids is 1. The molecule has 0 aliphatic carbocycles. The highest BCUT2D eigenvalue weighted by molar-refractivity contribution is 7.13. The maximum Gasteiger partial charge on any atom is 0.325 e. The summed E-state index contributed by atoms with van der Waals surface area (Å²) < 4.78 is 31.1. The number of anilines is 2. The number of fused-ring (bicyclic) bond motifs is 1. The van der Waals surface area contributed by atoms with E-state index in [-0.39, 0.29) is 18.0 Å². The number of thiazole rings is 1. The number of carbonyl (C=O) groups is 1. The van der Waals surface area contributed by atoms with E-state index in [4.69, 9.17) is 14.2 Å². The van der Waals surface area contributed by atoms with Crippen LogP contribution in [0.5, 0.6) is 17.2 Å². The largest absolute Gasteiger partial charge is 0.490 e. The third kappa shape index (κ3) is 5.37. The van der Waals surface area contributed by atoms with Gasteiger partial charge in [0.05, 0.1) is 23.4 Å². The van der Waals surface area contributed by atoms with Crippen molar-refractivity contribution in [1.29, 1.82) is 5.26 Å². The lowest BCUT2D eigenvalue weighted by molar-refractivity contribution is 0.146. The van der Waals surface area contributed by atoms with Crippen LogP contribution in [-0.2, 0) is 4.74 Å². The van der Waals surface area contributed by atoms with Gasteiger partial charge in [-0.15, -0.1) is 11.3 Å². The van der Waals surface area contributed by atoms with Crippen molar-refractivity contribution in [2.75, 3.05) is 31.0 Å². The molecule has 0 atom stereocenters. The summed E-state index contributed by atoms with van der Waals surface area (Å²) >= 11 is 1.24. The predicted molar refractivity (Wildman–Crippen MR) is 125 cm³/mol. The summed E-state index contributed by atoms with van der Waals surface area (Å²) in [5, 5.41) is 17.1. The Morgan fingerprint density at radius 2 is 2.00 bits per heavy atom. The second-order valence-corrected chi connectivity index (χ2v) is 7.68. The molecule has 2 amide bonds. The zero-order valence-corrected chi connectivity index (χ0v) is 18.7. The minimum Gasteiger partial charge on any atom is -0.490 e. The Hall–Kier alpha value is -4.27. The van der Waals surface area contributed by atoms with Crippen molar-refractivity contribution >= 4 is 39.1 Å². The first-order chi connectivity index (χ1) is 16.6. The van der Waals surface area contributed by atoms with E-state index < -0.39 is 11.8 Å². The fourth-order valence-electron chi connectivity index (χ4n) is 3.00. The van der Waals surface area contributed by atoms with Crippen molar-refractivity contribution in [1.82, 2.24) is 9.97 Å². The molecule has 0 saturated carbocycles. The van der Waals surface area contributed by atoms with E-state index >= 15 is 0 Å². The number of nitrogens with one attached hydrogen (secondary N) is 2. The molecule has 0 aliphatic rings. The van der Waals surface area contributed by atoms with Gasteiger partial charge in [0.1, 0.15) is 35.7 Å². The van der Waals surface area contributed by atoms with Crippen molar-refractivity contribution in [3.05, 3.63) is 65.6 Å². The molecular formula is C23H18FN5O4S. The predicted octanol–water partition coefficient (Wildman–Crippen LogP) is 5.16. The summed E-state index contributed by atoms with van der Waals surface area (Å²) in [7, 11) is 1.56. The summed E-state index contributed by atoms with van der Waals surface area (Å²) in [6, 6.07) is 10.4. The number of nitriles is 1. The number of pyridine rings is 1. The van der Waals surface area contributed by atoms with E-state index in [1.165, 1.54) is 29.7 Å². The first-order valence-electron chi connectivity index (χ1n) is 9.97. The molecule has 0 unspecified atom stereocenters. The number of urea groups is 1. The molecule has 2 heterocycles. The van der Waals surface area contributed by atoms with Gasteiger partial charge in [0.15, 0.2) is 5.13 Å². The lowest BCUT2D eigenvalue weighted by Gasteiger charge is -2.13. The van der Waals surface area contributed by atoms with Gasteiger partial charge < -0.3 is 19.5 Å². The molecule has 0 aliphatic heterocycles. The van der Waals surface area contributed by atoms with E-state index in [0.717, 1.165) is 6.07 Å². The molecule has 0 spiro atoms. The standard InChI is InChI=1S/C23H18FN5O4S/c1-31-7-8-32-21-12-19-16(10-14(21)13-25)20(4-5-26-19)33-15-2-3-18(17(24)11-15)28-22(30)29-23-27-6-9-34-23/h2-6,9-12H,7-8H2,1H3,(H2,27,28,29,30). The summed E-state index contributed by atoms with van der Waals surface area (Å²) in [6.45, 7) is 0.664. The molecule has 2 N–H and O–H groups in total. The van der Waals surface area contributed by atoms with Crippen LogP contribution >= 0.6 is 11.3 Å². The fourth-order valence-corrected chi connectivity index (χ4v) is 3.53. The van der Waals surface area contributed by atoms with Gasteiger partial charge in [0.2, 0.25) is 0 Å². The van der Waals surface area contributed by atoms with E-state index in [9.17, 15) is 14.4 Å². The summed E-state index contributed by atoms with van der Waals surface area (Å²) in [5.74, 6) is 0.285. The van der Waals surface area contributed by atoms with Gasteiger partial charge in [-0.2, -0.15) is 5.26 Å². The Morgan fingerprint density at radius 1 is 1.12 bits per heavy atom. The zero-order chi connectivity index (χ0) is 23.9. The third-order valence-corrected chi connectivity index (χ3v) is 5.23. The number of halogens is 1. The monoisotopic (exact) mass is 479 g/mol. The number of hydrogen-bond acceptors (Lipinski definition) is 8. The fraction of sp³-hybridized carbons (Fsp3) is 0.130. The summed E-state index contributed by atoms with van der Waals surface area (Å²) in [5.41, 5.74) is 0.825. The molecular weight excluding hydrogens is 461 g/mol. The van der Waals surface area contributed by atoms with Crippen molar-refractivity contribution in [2.45, 2.75) is 0 Å². The molecule has 4 rings (SSSR count). The Morgan fingerprint density at radius 3 is 2.74 bits per heavy atom. The van der Waals surface area contributed by atoms with E-state index in [1.54, 1.807) is 36.9 Å². The maximum absolute atomic E-state index is 14.6. The van der Waals surface area contributed by atoms with Crippen molar-refractivity contribution in [3.8, 4) is 23.3 Å². The number of nitrogens with zero attached hydrogens (tertiary/aromatic N) is 3. The molecule has 4 aromatic rings. The number of hydrogen-bond donors (Lipinski definition) is 2. The molecule has 2 aromatic carbocycles. The van der Waals surface area contributed by atoms with Crippen molar-refractivity contribution in [3.63, 3.8) is 0 Å². The number of methoxy groups -OCH3 is 1. The number of aromatic nitrogens is 2. The van der Waals surface area contributed by atoms with Gasteiger partial charge in [-0.05, 0) is 24.3 Å². The molecule has 0 fully saturated rings. The highest BCUT2D eigenvalue weighted by Crippen LogP contribution is 2.34. The lowest BCUT2D eigenvalue weighted by Crippen LogP contribution is -2.19. The first-order valence-corrected chi connectivity index (χ1v) is 10.8. The SMILES string of the molecule is COCCOc1cc2nccc(Oc3ccc(NC(=O)Nc4nccs4)c(F)c3)c2cc1C#N. The van der Waals surface area contributed by atoms with Crippen LogP contribution in [0.1, 0.15) is 5.56 Å². The Labute approximate surface area is 197 Å². The number of benzene rings is 2. The van der Waals surface area contributed by atoms with Gasteiger partial charge in [-0.3, -0.25) is 10.3 Å². The maximum atomic E-state index is 14.6. The second kappa shape index (κ2) is 10.6. The third-order valence-electron chi connectivity index (χ3n) is 4.54. The van der Waals surface area contributed by atoms with Crippen LogP contribution in [0.25, 0.3) is 10.9 Å². The normalized spacial score (nSPS) is 10.5. The minimum atomic E-state index is -0.684.